The number of benzene rings is 1. The predicted molar refractivity (Wildman–Crippen MR) is 70.1 cm³/mol. The first-order chi connectivity index (χ1) is 8.16. The molecule has 0 atom stereocenters. The Bertz CT molecular complexity index is 418. The van der Waals surface area contributed by atoms with Crippen molar-refractivity contribution in [2.45, 2.75) is 25.3 Å². The third-order valence-electron chi connectivity index (χ3n) is 2.66. The van der Waals surface area contributed by atoms with Gasteiger partial charge >= 0.3 is 0 Å². The van der Waals surface area contributed by atoms with E-state index in [4.69, 9.17) is 17.3 Å². The Hall–Kier alpha value is -1.42. The van der Waals surface area contributed by atoms with Gasteiger partial charge in [-0.3, -0.25) is 4.79 Å². The number of hydrogen-bond donors (Lipinski definition) is 3. The highest BCUT2D eigenvalue weighted by molar-refractivity contribution is 6.33. The van der Waals surface area contributed by atoms with E-state index in [-0.39, 0.29) is 5.91 Å². The van der Waals surface area contributed by atoms with Crippen LogP contribution < -0.4 is 16.4 Å². The normalized spacial score (nSPS) is 14.4. The molecule has 2 rings (SSSR count). The maximum Gasteiger partial charge on any atom is 0.221 e. The van der Waals surface area contributed by atoms with E-state index in [0.29, 0.717) is 29.7 Å². The summed E-state index contributed by atoms with van der Waals surface area (Å²) in [4.78, 5) is 11.4. The quantitative estimate of drug-likeness (QED) is 0.703. The molecule has 1 saturated carbocycles. The van der Waals surface area contributed by atoms with Gasteiger partial charge in [0.1, 0.15) is 0 Å². The van der Waals surface area contributed by atoms with Crippen molar-refractivity contribution in [3.05, 3.63) is 23.2 Å². The molecule has 0 heterocycles. The molecule has 4 nitrogen and oxygen atoms in total. The zero-order valence-corrected chi connectivity index (χ0v) is 10.3. The lowest BCUT2D eigenvalue weighted by Gasteiger charge is -2.10. The Morgan fingerprint density at radius 3 is 2.94 bits per heavy atom. The molecular weight excluding hydrogens is 238 g/mol. The lowest BCUT2D eigenvalue weighted by atomic mass is 10.2. The van der Waals surface area contributed by atoms with Crippen molar-refractivity contribution in [2.24, 2.45) is 0 Å². The van der Waals surface area contributed by atoms with E-state index in [1.165, 1.54) is 0 Å². The smallest absolute Gasteiger partial charge is 0.221 e. The molecule has 0 saturated heterocycles. The number of nitrogens with one attached hydrogen (secondary N) is 2. The van der Waals surface area contributed by atoms with Crippen LogP contribution in [0.4, 0.5) is 11.4 Å². The molecule has 0 aliphatic heterocycles. The van der Waals surface area contributed by atoms with E-state index in [9.17, 15) is 4.79 Å². The largest absolute Gasteiger partial charge is 0.396 e. The molecule has 5 heteroatoms. The number of carbonyl (C=O) groups excluding carboxylic acids is 1. The topological polar surface area (TPSA) is 67.1 Å². The minimum Gasteiger partial charge on any atom is -0.396 e. The van der Waals surface area contributed by atoms with Crippen molar-refractivity contribution in [3.8, 4) is 0 Å². The van der Waals surface area contributed by atoms with E-state index in [1.54, 1.807) is 6.07 Å². The van der Waals surface area contributed by atoms with Gasteiger partial charge in [0.25, 0.3) is 0 Å². The molecule has 1 amide bonds. The Kier molecular flexibility index (Phi) is 3.74. The molecule has 0 unspecified atom stereocenters. The lowest BCUT2D eigenvalue weighted by Crippen LogP contribution is -2.27. The highest BCUT2D eigenvalue weighted by Gasteiger charge is 2.22. The monoisotopic (exact) mass is 253 g/mol. The number of hydrogen-bond acceptors (Lipinski definition) is 3. The first kappa shape index (κ1) is 12.0. The molecule has 0 aromatic heterocycles. The van der Waals surface area contributed by atoms with Crippen molar-refractivity contribution in [2.75, 3.05) is 17.6 Å². The predicted octanol–water partition coefficient (Wildman–Crippen LogP) is 2.00. The van der Waals surface area contributed by atoms with Gasteiger partial charge in [-0.1, -0.05) is 17.7 Å². The maximum absolute atomic E-state index is 11.4. The van der Waals surface area contributed by atoms with Crippen LogP contribution in [0.25, 0.3) is 0 Å². The number of para-hydroxylation sites is 1. The Labute approximate surface area is 106 Å². The molecule has 0 spiro atoms. The second-order valence-corrected chi connectivity index (χ2v) is 4.63. The lowest BCUT2D eigenvalue weighted by molar-refractivity contribution is -0.120. The van der Waals surface area contributed by atoms with E-state index >= 15 is 0 Å². The van der Waals surface area contributed by atoms with Crippen LogP contribution in [-0.2, 0) is 4.79 Å². The number of halogens is 1. The number of nitrogen functional groups attached to an aromatic ring is 1. The number of amides is 1. The summed E-state index contributed by atoms with van der Waals surface area (Å²) in [6.45, 7) is 0.559. The molecule has 1 aromatic carbocycles. The number of nitrogens with two attached hydrogens (primary N) is 1. The highest BCUT2D eigenvalue weighted by Crippen LogP contribution is 2.26. The van der Waals surface area contributed by atoms with Crippen molar-refractivity contribution in [3.63, 3.8) is 0 Å². The molecule has 0 bridgehead atoms. The summed E-state index contributed by atoms with van der Waals surface area (Å²) in [5.41, 5.74) is 7.09. The van der Waals surface area contributed by atoms with Crippen molar-refractivity contribution < 1.29 is 4.79 Å². The Morgan fingerprint density at radius 1 is 1.47 bits per heavy atom. The molecule has 4 N–H and O–H groups in total. The highest BCUT2D eigenvalue weighted by atomic mass is 35.5. The van der Waals surface area contributed by atoms with Crippen LogP contribution in [0, 0.1) is 0 Å². The molecule has 17 heavy (non-hydrogen) atoms. The van der Waals surface area contributed by atoms with E-state index in [0.717, 1.165) is 18.5 Å². The van der Waals surface area contributed by atoms with Crippen LogP contribution in [0.3, 0.4) is 0 Å². The first-order valence-corrected chi connectivity index (χ1v) is 6.12. The minimum atomic E-state index is 0.0839. The minimum absolute atomic E-state index is 0.0839. The van der Waals surface area contributed by atoms with Gasteiger partial charge in [-0.05, 0) is 25.0 Å². The third kappa shape index (κ3) is 3.53. The van der Waals surface area contributed by atoms with E-state index in [2.05, 4.69) is 10.6 Å². The average Bonchev–Trinajstić information content (AvgIpc) is 3.08. The Morgan fingerprint density at radius 2 is 2.24 bits per heavy atom. The third-order valence-corrected chi connectivity index (χ3v) is 2.99. The molecule has 1 fully saturated rings. The summed E-state index contributed by atoms with van der Waals surface area (Å²) in [7, 11) is 0. The number of carbonyl (C=O) groups is 1. The zero-order chi connectivity index (χ0) is 12.3. The molecular formula is C12H16ClN3O. The van der Waals surface area contributed by atoms with E-state index < -0.39 is 0 Å². The van der Waals surface area contributed by atoms with Crippen LogP contribution in [-0.4, -0.2) is 18.5 Å². The van der Waals surface area contributed by atoms with Crippen LogP contribution in [0.15, 0.2) is 18.2 Å². The zero-order valence-electron chi connectivity index (χ0n) is 9.50. The first-order valence-electron chi connectivity index (χ1n) is 5.74. The van der Waals surface area contributed by atoms with Crippen LogP contribution in [0.2, 0.25) is 5.02 Å². The van der Waals surface area contributed by atoms with Crippen molar-refractivity contribution in [1.29, 1.82) is 0 Å². The van der Waals surface area contributed by atoms with Gasteiger partial charge in [0.2, 0.25) is 5.91 Å². The van der Waals surface area contributed by atoms with Crippen LogP contribution in [0.1, 0.15) is 19.3 Å². The molecule has 1 aromatic rings. The second kappa shape index (κ2) is 5.27. The van der Waals surface area contributed by atoms with Gasteiger partial charge in [0.05, 0.1) is 16.4 Å². The molecule has 1 aliphatic rings. The van der Waals surface area contributed by atoms with Crippen molar-refractivity contribution in [1.82, 2.24) is 5.32 Å². The van der Waals surface area contributed by atoms with Gasteiger partial charge in [-0.15, -0.1) is 0 Å². The van der Waals surface area contributed by atoms with Crippen LogP contribution >= 0.6 is 11.6 Å². The molecule has 1 aliphatic carbocycles. The van der Waals surface area contributed by atoms with E-state index in [1.807, 2.05) is 12.1 Å². The summed E-state index contributed by atoms with van der Waals surface area (Å²) in [5.74, 6) is 0.0839. The standard InChI is InChI=1S/C12H16ClN3O/c13-9-2-1-3-10(12(9)14)15-7-6-11(17)16-8-4-5-8/h1-3,8,15H,4-7,14H2,(H,16,17). The molecule has 0 radical (unpaired) electrons. The van der Waals surface area contributed by atoms with Gasteiger partial charge in [-0.25, -0.2) is 0 Å². The Balaban J connectivity index is 1.77. The van der Waals surface area contributed by atoms with Crippen LogP contribution in [0.5, 0.6) is 0 Å². The van der Waals surface area contributed by atoms with Gasteiger partial charge in [0, 0.05) is 19.0 Å². The molecule has 92 valence electrons. The van der Waals surface area contributed by atoms with Gasteiger partial charge in [-0.2, -0.15) is 0 Å². The van der Waals surface area contributed by atoms with Gasteiger partial charge in [0.15, 0.2) is 0 Å². The summed E-state index contributed by atoms with van der Waals surface area (Å²) < 4.78 is 0. The summed E-state index contributed by atoms with van der Waals surface area (Å²) >= 11 is 5.89. The summed E-state index contributed by atoms with van der Waals surface area (Å²) in [6, 6.07) is 5.83. The fourth-order valence-electron chi connectivity index (χ4n) is 1.53. The average molecular weight is 254 g/mol. The number of anilines is 2. The fraction of sp³-hybridized carbons (Fsp3) is 0.417. The summed E-state index contributed by atoms with van der Waals surface area (Å²) in [6.07, 6.45) is 2.67. The van der Waals surface area contributed by atoms with Gasteiger partial charge < -0.3 is 16.4 Å². The second-order valence-electron chi connectivity index (χ2n) is 4.22. The fourth-order valence-corrected chi connectivity index (χ4v) is 1.70. The maximum atomic E-state index is 11.4. The SMILES string of the molecule is Nc1c(Cl)cccc1NCCC(=O)NC1CC1. The number of rotatable bonds is 5. The van der Waals surface area contributed by atoms with Crippen molar-refractivity contribution >= 4 is 28.9 Å². The summed E-state index contributed by atoms with van der Waals surface area (Å²) in [5, 5.41) is 6.56.